The second kappa shape index (κ2) is 4.41. The van der Waals surface area contributed by atoms with Crippen molar-refractivity contribution in [2.75, 3.05) is 6.61 Å². The highest BCUT2D eigenvalue weighted by Crippen LogP contribution is 2.28. The van der Waals surface area contributed by atoms with Crippen LogP contribution in [0.25, 0.3) is 0 Å². The number of ether oxygens (including phenoxy) is 1. The maximum absolute atomic E-state index is 12.4. The number of hydrogen-bond acceptors (Lipinski definition) is 5. The Hall–Kier alpha value is -2.76. The number of fused-ring (bicyclic) bond motifs is 2. The Morgan fingerprint density at radius 3 is 2.50 bits per heavy atom. The number of nitrogens with zero attached hydrogens (tertiary/aromatic N) is 1. The summed E-state index contributed by atoms with van der Waals surface area (Å²) in [5.41, 5.74) is 0.461. The van der Waals surface area contributed by atoms with Crippen LogP contribution in [-0.4, -0.2) is 34.3 Å². The van der Waals surface area contributed by atoms with Gasteiger partial charge in [0, 0.05) is 11.1 Å². The molecule has 6 nitrogen and oxygen atoms in total. The molecule has 1 aromatic carbocycles. The van der Waals surface area contributed by atoms with E-state index in [1.807, 2.05) is 0 Å². The average Bonchev–Trinajstić information content (AvgIpc) is 2.90. The fourth-order valence-electron chi connectivity index (χ4n) is 2.22. The molecule has 1 aromatic heterocycles. The molecular weight excluding hydrogens is 260 g/mol. The van der Waals surface area contributed by atoms with Crippen LogP contribution in [0.1, 0.15) is 49.4 Å². The van der Waals surface area contributed by atoms with E-state index in [1.54, 1.807) is 31.2 Å². The molecule has 0 saturated heterocycles. The summed E-state index contributed by atoms with van der Waals surface area (Å²) in [5, 5.41) is 6.22. The lowest BCUT2D eigenvalue weighted by molar-refractivity contribution is 0.0516. The first-order chi connectivity index (χ1) is 9.65. The first-order valence-corrected chi connectivity index (χ1v) is 6.09. The van der Waals surface area contributed by atoms with Gasteiger partial charge >= 0.3 is 5.97 Å². The van der Waals surface area contributed by atoms with E-state index in [0.717, 1.165) is 0 Å². The maximum Gasteiger partial charge on any atom is 0.357 e. The second-order valence-corrected chi connectivity index (χ2v) is 4.25. The molecule has 1 heterocycles. The topological polar surface area (TPSA) is 89.1 Å². The minimum Gasteiger partial charge on any atom is -0.461 e. The third-order valence-corrected chi connectivity index (χ3v) is 3.10. The summed E-state index contributed by atoms with van der Waals surface area (Å²) >= 11 is 0. The Labute approximate surface area is 113 Å². The lowest BCUT2D eigenvalue weighted by atomic mass is 9.87. The van der Waals surface area contributed by atoms with Crippen LogP contribution < -0.4 is 0 Å². The Bertz CT molecular complexity index is 745. The molecule has 3 rings (SSSR count). The number of esters is 1. The standard InChI is InChI=1S/C14H10N2O4/c1-2-20-14(19)11-9-10(15-16-11)13(18)8-6-4-3-5-7(8)12(9)17/h3-6H,2H2,1H3,(H,15,16). The molecule has 0 atom stereocenters. The van der Waals surface area contributed by atoms with Gasteiger partial charge in [0.15, 0.2) is 11.5 Å². The number of rotatable bonds is 2. The zero-order chi connectivity index (χ0) is 14.3. The van der Waals surface area contributed by atoms with Crippen molar-refractivity contribution in [2.45, 2.75) is 6.92 Å². The van der Waals surface area contributed by atoms with Crippen LogP contribution >= 0.6 is 0 Å². The van der Waals surface area contributed by atoms with E-state index in [2.05, 4.69) is 10.2 Å². The average molecular weight is 270 g/mol. The predicted molar refractivity (Wildman–Crippen MR) is 67.9 cm³/mol. The molecule has 0 radical (unpaired) electrons. The third kappa shape index (κ3) is 1.58. The van der Waals surface area contributed by atoms with Crippen molar-refractivity contribution in [2.24, 2.45) is 0 Å². The second-order valence-electron chi connectivity index (χ2n) is 4.25. The zero-order valence-corrected chi connectivity index (χ0v) is 10.6. The van der Waals surface area contributed by atoms with Crippen molar-refractivity contribution < 1.29 is 19.1 Å². The fourth-order valence-corrected chi connectivity index (χ4v) is 2.22. The van der Waals surface area contributed by atoms with E-state index in [1.165, 1.54) is 0 Å². The highest BCUT2D eigenvalue weighted by molar-refractivity contribution is 6.29. The van der Waals surface area contributed by atoms with E-state index in [0.29, 0.717) is 5.56 Å². The van der Waals surface area contributed by atoms with Crippen LogP contribution in [0.15, 0.2) is 24.3 Å². The summed E-state index contributed by atoms with van der Waals surface area (Å²) in [5.74, 6) is -1.46. The molecule has 0 bridgehead atoms. The number of carbonyl (C=O) groups is 3. The number of hydrogen-bond donors (Lipinski definition) is 1. The van der Waals surface area contributed by atoms with Gasteiger partial charge < -0.3 is 4.74 Å². The molecular formula is C14H10N2O4. The monoisotopic (exact) mass is 270 g/mol. The van der Waals surface area contributed by atoms with Crippen LogP contribution in [0.5, 0.6) is 0 Å². The lowest BCUT2D eigenvalue weighted by Gasteiger charge is -2.13. The number of aromatic amines is 1. The summed E-state index contributed by atoms with van der Waals surface area (Å²) < 4.78 is 4.85. The van der Waals surface area contributed by atoms with E-state index in [4.69, 9.17) is 4.74 Å². The summed E-state index contributed by atoms with van der Waals surface area (Å²) in [6.45, 7) is 1.83. The number of nitrogens with one attached hydrogen (secondary N) is 1. The number of H-pyrrole nitrogens is 1. The number of aromatic nitrogens is 2. The first-order valence-electron chi connectivity index (χ1n) is 6.09. The molecule has 1 N–H and O–H groups in total. The Kier molecular flexibility index (Phi) is 2.71. The van der Waals surface area contributed by atoms with Crippen LogP contribution in [-0.2, 0) is 4.74 Å². The molecule has 20 heavy (non-hydrogen) atoms. The minimum absolute atomic E-state index is 0.00727. The SMILES string of the molecule is CCOC(=O)c1[nH]nc2c1C(=O)c1ccccc1C2=O. The van der Waals surface area contributed by atoms with Crippen LogP contribution in [0.3, 0.4) is 0 Å². The van der Waals surface area contributed by atoms with Gasteiger partial charge in [0.2, 0.25) is 5.78 Å². The molecule has 6 heteroatoms. The summed E-state index contributed by atoms with van der Waals surface area (Å²) in [6, 6.07) is 6.46. The van der Waals surface area contributed by atoms with Gasteiger partial charge in [0.05, 0.1) is 12.2 Å². The first kappa shape index (κ1) is 12.3. The number of benzene rings is 1. The van der Waals surface area contributed by atoms with Crippen molar-refractivity contribution in [1.82, 2.24) is 10.2 Å². The van der Waals surface area contributed by atoms with Crippen molar-refractivity contribution in [3.63, 3.8) is 0 Å². The van der Waals surface area contributed by atoms with E-state index >= 15 is 0 Å². The normalized spacial score (nSPS) is 12.8. The van der Waals surface area contributed by atoms with E-state index < -0.39 is 11.8 Å². The molecule has 100 valence electrons. The Morgan fingerprint density at radius 2 is 1.85 bits per heavy atom. The summed E-state index contributed by atoms with van der Waals surface area (Å²) in [6.07, 6.45) is 0. The molecule has 0 fully saturated rings. The number of ketones is 2. The van der Waals surface area contributed by atoms with Crippen molar-refractivity contribution in [3.05, 3.63) is 52.3 Å². The van der Waals surface area contributed by atoms with Crippen molar-refractivity contribution in [3.8, 4) is 0 Å². The van der Waals surface area contributed by atoms with Gasteiger partial charge in [-0.3, -0.25) is 14.7 Å². The molecule has 0 unspecified atom stereocenters. The fraction of sp³-hybridized carbons (Fsp3) is 0.143. The van der Waals surface area contributed by atoms with Gasteiger partial charge in [0.25, 0.3) is 0 Å². The van der Waals surface area contributed by atoms with Crippen LogP contribution in [0.4, 0.5) is 0 Å². The molecule has 0 saturated carbocycles. The molecule has 0 amide bonds. The van der Waals surface area contributed by atoms with Crippen molar-refractivity contribution in [1.29, 1.82) is 0 Å². The van der Waals surface area contributed by atoms with Crippen molar-refractivity contribution >= 4 is 17.5 Å². The maximum atomic E-state index is 12.4. The quantitative estimate of drug-likeness (QED) is 0.710. The van der Waals surface area contributed by atoms with Gasteiger partial charge in [-0.2, -0.15) is 5.10 Å². The van der Waals surface area contributed by atoms with Crippen LogP contribution in [0.2, 0.25) is 0 Å². The zero-order valence-electron chi connectivity index (χ0n) is 10.6. The van der Waals surface area contributed by atoms with Gasteiger partial charge in [-0.1, -0.05) is 24.3 Å². The molecule has 1 aliphatic rings. The van der Waals surface area contributed by atoms with Gasteiger partial charge in [-0.05, 0) is 6.92 Å². The molecule has 1 aliphatic carbocycles. The third-order valence-electron chi connectivity index (χ3n) is 3.10. The Balaban J connectivity index is 2.18. The smallest absolute Gasteiger partial charge is 0.357 e. The van der Waals surface area contributed by atoms with Gasteiger partial charge in [-0.15, -0.1) is 0 Å². The predicted octanol–water partition coefficient (Wildman–Crippen LogP) is 1.36. The highest BCUT2D eigenvalue weighted by atomic mass is 16.5. The van der Waals surface area contributed by atoms with E-state index in [-0.39, 0.29) is 34.9 Å². The molecule has 2 aromatic rings. The lowest BCUT2D eigenvalue weighted by Crippen LogP contribution is -2.22. The molecule has 0 spiro atoms. The van der Waals surface area contributed by atoms with E-state index in [9.17, 15) is 14.4 Å². The highest BCUT2D eigenvalue weighted by Gasteiger charge is 2.36. The van der Waals surface area contributed by atoms with Gasteiger partial charge in [-0.25, -0.2) is 4.79 Å². The minimum atomic E-state index is -0.693. The number of carbonyl (C=O) groups excluding carboxylic acids is 3. The van der Waals surface area contributed by atoms with Gasteiger partial charge in [0.1, 0.15) is 5.69 Å². The van der Waals surface area contributed by atoms with Crippen LogP contribution in [0, 0.1) is 0 Å². The molecule has 0 aliphatic heterocycles. The largest absolute Gasteiger partial charge is 0.461 e. The summed E-state index contributed by atoms with van der Waals surface area (Å²) in [7, 11) is 0. The summed E-state index contributed by atoms with van der Waals surface area (Å²) in [4.78, 5) is 36.5. The Morgan fingerprint density at radius 1 is 1.20 bits per heavy atom.